The highest BCUT2D eigenvalue weighted by Crippen LogP contribution is 2.27. The molecule has 2 heterocycles. The van der Waals surface area contributed by atoms with Crippen molar-refractivity contribution in [3.8, 4) is 0 Å². The van der Waals surface area contributed by atoms with Crippen molar-refractivity contribution in [3.63, 3.8) is 0 Å². The van der Waals surface area contributed by atoms with Crippen LogP contribution in [0.5, 0.6) is 0 Å². The van der Waals surface area contributed by atoms with E-state index in [0.29, 0.717) is 0 Å². The lowest BCUT2D eigenvalue weighted by Crippen LogP contribution is -2.18. The average Bonchev–Trinajstić information content (AvgIpc) is 2.89. The smallest absolute Gasteiger partial charge is 0.128 e. The number of aryl methyl sites for hydroxylation is 3. The highest BCUT2D eigenvalue weighted by Gasteiger charge is 2.16. The molecule has 0 spiro atoms. The quantitative estimate of drug-likeness (QED) is 0.851. The first-order valence-electron chi connectivity index (χ1n) is 7.71. The molecule has 0 atom stereocenters. The van der Waals surface area contributed by atoms with Gasteiger partial charge in [-0.2, -0.15) is 0 Å². The zero-order valence-electron chi connectivity index (χ0n) is 12.8. The molecule has 0 aromatic carbocycles. The maximum Gasteiger partial charge on any atom is 0.128 e. The van der Waals surface area contributed by atoms with Gasteiger partial charge in [-0.1, -0.05) is 6.92 Å². The van der Waals surface area contributed by atoms with E-state index in [-0.39, 0.29) is 0 Å². The number of hydrogen-bond acceptors (Lipinski definition) is 5. The number of thiazole rings is 1. The van der Waals surface area contributed by atoms with Crippen molar-refractivity contribution >= 4 is 11.3 Å². The molecule has 0 N–H and O–H groups in total. The highest BCUT2D eigenvalue weighted by atomic mass is 32.1. The van der Waals surface area contributed by atoms with Gasteiger partial charge in [0.1, 0.15) is 10.8 Å². The molecule has 0 fully saturated rings. The zero-order valence-corrected chi connectivity index (χ0v) is 13.6. The number of aromatic nitrogens is 3. The Morgan fingerprint density at radius 3 is 2.86 bits per heavy atom. The topological polar surface area (TPSA) is 41.9 Å². The fourth-order valence-electron chi connectivity index (χ4n) is 2.74. The summed E-state index contributed by atoms with van der Waals surface area (Å²) >= 11 is 1.90. The Labute approximate surface area is 130 Å². The van der Waals surface area contributed by atoms with Gasteiger partial charge >= 0.3 is 0 Å². The van der Waals surface area contributed by atoms with Gasteiger partial charge in [-0.3, -0.25) is 4.90 Å². The van der Waals surface area contributed by atoms with Gasteiger partial charge < -0.3 is 0 Å². The van der Waals surface area contributed by atoms with Gasteiger partial charge in [0.05, 0.1) is 17.9 Å². The Bertz CT molecular complexity index is 585. The molecule has 21 heavy (non-hydrogen) atoms. The second kappa shape index (κ2) is 6.62. The van der Waals surface area contributed by atoms with E-state index in [1.54, 1.807) is 0 Å². The molecule has 0 saturated carbocycles. The Hall–Kier alpha value is -1.33. The lowest BCUT2D eigenvalue weighted by molar-refractivity contribution is 0.314. The van der Waals surface area contributed by atoms with E-state index in [1.165, 1.54) is 41.3 Å². The third-order valence-corrected chi connectivity index (χ3v) is 4.95. The van der Waals surface area contributed by atoms with Gasteiger partial charge in [0, 0.05) is 24.0 Å². The first kappa shape index (κ1) is 14.6. The van der Waals surface area contributed by atoms with E-state index in [9.17, 15) is 0 Å². The van der Waals surface area contributed by atoms with Crippen LogP contribution in [0.3, 0.4) is 0 Å². The lowest BCUT2D eigenvalue weighted by Gasteiger charge is -2.14. The molecule has 4 nitrogen and oxygen atoms in total. The Morgan fingerprint density at radius 2 is 2.05 bits per heavy atom. The Balaban J connectivity index is 1.63. The predicted octanol–water partition coefficient (Wildman–Crippen LogP) is 3.01. The summed E-state index contributed by atoms with van der Waals surface area (Å²) in [5, 5.41) is 1.24. The molecule has 0 saturated heterocycles. The predicted molar refractivity (Wildman–Crippen MR) is 85.3 cm³/mol. The molecule has 0 unspecified atom stereocenters. The van der Waals surface area contributed by atoms with Gasteiger partial charge in [0.2, 0.25) is 0 Å². The fraction of sp³-hybridized carbons (Fsp3) is 0.562. The monoisotopic (exact) mass is 302 g/mol. The second-order valence-electron chi connectivity index (χ2n) is 5.67. The number of nitrogens with zero attached hydrogens (tertiary/aromatic N) is 4. The van der Waals surface area contributed by atoms with Crippen LogP contribution in [0.4, 0.5) is 0 Å². The van der Waals surface area contributed by atoms with E-state index in [4.69, 9.17) is 4.98 Å². The minimum atomic E-state index is 0.847. The summed E-state index contributed by atoms with van der Waals surface area (Å²) in [4.78, 5) is 17.4. The summed E-state index contributed by atoms with van der Waals surface area (Å²) in [6, 6.07) is 2.00. The molecule has 0 radical (unpaired) electrons. The number of rotatable bonds is 5. The summed E-state index contributed by atoms with van der Waals surface area (Å²) in [5.41, 5.74) is 2.44. The molecule has 3 rings (SSSR count). The maximum absolute atomic E-state index is 4.81. The lowest BCUT2D eigenvalue weighted by atomic mass is 10.0. The van der Waals surface area contributed by atoms with Gasteiger partial charge in [-0.15, -0.1) is 11.3 Å². The molecule has 5 heteroatoms. The minimum Gasteiger partial charge on any atom is -0.294 e. The van der Waals surface area contributed by atoms with E-state index in [1.807, 2.05) is 23.6 Å². The van der Waals surface area contributed by atoms with Crippen LogP contribution >= 0.6 is 11.3 Å². The number of fused-ring (bicyclic) bond motifs is 1. The summed E-state index contributed by atoms with van der Waals surface area (Å²) < 4.78 is 0. The van der Waals surface area contributed by atoms with Crippen molar-refractivity contribution in [2.24, 2.45) is 0 Å². The molecule has 0 bridgehead atoms. The molecular formula is C16H22N4S. The third-order valence-electron chi connectivity index (χ3n) is 3.81. The zero-order chi connectivity index (χ0) is 14.7. The van der Waals surface area contributed by atoms with Crippen LogP contribution < -0.4 is 0 Å². The maximum atomic E-state index is 4.81. The van der Waals surface area contributed by atoms with Crippen molar-refractivity contribution < 1.29 is 0 Å². The standard InChI is InChI=1S/C16H22N4S/c1-3-15-17-9-8-12(18-15)10-20(2)11-16-19-13-6-4-5-7-14(13)21-16/h8-9H,3-7,10-11H2,1-2H3. The molecule has 2 aromatic rings. The summed E-state index contributed by atoms with van der Waals surface area (Å²) in [6.45, 7) is 3.84. The third kappa shape index (κ3) is 3.66. The minimum absolute atomic E-state index is 0.847. The normalized spacial score (nSPS) is 14.4. The molecule has 112 valence electrons. The molecule has 0 amide bonds. The average molecular weight is 302 g/mol. The molecule has 2 aromatic heterocycles. The summed E-state index contributed by atoms with van der Waals surface area (Å²) in [7, 11) is 2.13. The van der Waals surface area contributed by atoms with Gasteiger partial charge in [0.25, 0.3) is 0 Å². The van der Waals surface area contributed by atoms with Crippen LogP contribution in [0, 0.1) is 0 Å². The molecule has 0 aliphatic heterocycles. The van der Waals surface area contributed by atoms with Crippen LogP contribution in [0.15, 0.2) is 12.3 Å². The first-order chi connectivity index (χ1) is 10.2. The van der Waals surface area contributed by atoms with Crippen molar-refractivity contribution in [1.82, 2.24) is 19.9 Å². The SMILES string of the molecule is CCc1nccc(CN(C)Cc2nc3c(s2)CCCC3)n1. The van der Waals surface area contributed by atoms with E-state index >= 15 is 0 Å². The van der Waals surface area contributed by atoms with E-state index < -0.39 is 0 Å². The van der Waals surface area contributed by atoms with Crippen molar-refractivity contribution in [2.45, 2.75) is 52.1 Å². The highest BCUT2D eigenvalue weighted by molar-refractivity contribution is 7.11. The number of hydrogen-bond donors (Lipinski definition) is 0. The molecule has 1 aliphatic rings. The fourth-order valence-corrected chi connectivity index (χ4v) is 3.97. The summed E-state index contributed by atoms with van der Waals surface area (Å²) in [5.74, 6) is 0.922. The largest absolute Gasteiger partial charge is 0.294 e. The second-order valence-corrected chi connectivity index (χ2v) is 6.84. The van der Waals surface area contributed by atoms with Crippen LogP contribution in [-0.4, -0.2) is 26.9 Å². The van der Waals surface area contributed by atoms with Crippen LogP contribution in [-0.2, 0) is 32.4 Å². The van der Waals surface area contributed by atoms with Gasteiger partial charge in [-0.05, 0) is 38.8 Å². The Kier molecular flexibility index (Phi) is 4.60. The van der Waals surface area contributed by atoms with E-state index in [0.717, 1.165) is 31.0 Å². The van der Waals surface area contributed by atoms with Crippen molar-refractivity contribution in [3.05, 3.63) is 39.4 Å². The van der Waals surface area contributed by atoms with E-state index in [2.05, 4.69) is 28.8 Å². The first-order valence-corrected chi connectivity index (χ1v) is 8.53. The molecule has 1 aliphatic carbocycles. The van der Waals surface area contributed by atoms with Gasteiger partial charge in [-0.25, -0.2) is 15.0 Å². The summed E-state index contributed by atoms with van der Waals surface area (Å²) in [6.07, 6.45) is 7.76. The molecular weight excluding hydrogens is 280 g/mol. The van der Waals surface area contributed by atoms with Crippen molar-refractivity contribution in [2.75, 3.05) is 7.05 Å². The van der Waals surface area contributed by atoms with Crippen LogP contribution in [0.25, 0.3) is 0 Å². The van der Waals surface area contributed by atoms with Crippen LogP contribution in [0.2, 0.25) is 0 Å². The van der Waals surface area contributed by atoms with Crippen LogP contribution in [0.1, 0.15) is 46.9 Å². The van der Waals surface area contributed by atoms with Crippen molar-refractivity contribution in [1.29, 1.82) is 0 Å². The Morgan fingerprint density at radius 1 is 1.19 bits per heavy atom. The van der Waals surface area contributed by atoms with Gasteiger partial charge in [0.15, 0.2) is 0 Å².